The number of amides is 1. The molecule has 0 aromatic carbocycles. The highest BCUT2D eigenvalue weighted by Gasteiger charge is 2.21. The largest absolute Gasteiger partial charge is 0.444 e. The first-order valence-corrected chi connectivity index (χ1v) is 9.57. The van der Waals surface area contributed by atoms with Gasteiger partial charge < -0.3 is 15.0 Å². The first kappa shape index (κ1) is 20.3. The van der Waals surface area contributed by atoms with Crippen LogP contribution in [-0.4, -0.2) is 42.3 Å². The molecule has 0 aliphatic heterocycles. The van der Waals surface area contributed by atoms with Gasteiger partial charge in [0.05, 0.1) is 0 Å². The summed E-state index contributed by atoms with van der Waals surface area (Å²) in [6, 6.07) is 0.670. The predicted octanol–water partition coefficient (Wildman–Crippen LogP) is 4.58. The highest BCUT2D eigenvalue weighted by molar-refractivity contribution is 5.68. The molecule has 1 amide bonds. The van der Waals surface area contributed by atoms with Crippen LogP contribution in [-0.2, 0) is 4.74 Å². The van der Waals surface area contributed by atoms with Crippen LogP contribution in [0.2, 0.25) is 0 Å². The third-order valence-corrected chi connectivity index (χ3v) is 4.74. The summed E-state index contributed by atoms with van der Waals surface area (Å²) < 4.78 is 5.45. The molecule has 0 radical (unpaired) electrons. The lowest BCUT2D eigenvalue weighted by Crippen LogP contribution is -2.38. The molecule has 1 fully saturated rings. The fourth-order valence-corrected chi connectivity index (χ4v) is 3.27. The van der Waals surface area contributed by atoms with Gasteiger partial charge in [0.1, 0.15) is 5.60 Å². The van der Waals surface area contributed by atoms with Crippen molar-refractivity contribution in [1.82, 2.24) is 10.2 Å². The zero-order valence-corrected chi connectivity index (χ0v) is 16.0. The van der Waals surface area contributed by atoms with Crippen molar-refractivity contribution in [3.8, 4) is 0 Å². The van der Waals surface area contributed by atoms with Crippen molar-refractivity contribution < 1.29 is 9.53 Å². The van der Waals surface area contributed by atoms with E-state index in [1.807, 2.05) is 27.7 Å². The number of nitrogens with one attached hydrogen (secondary N) is 1. The average molecular weight is 327 g/mol. The second-order valence-corrected chi connectivity index (χ2v) is 7.85. The van der Waals surface area contributed by atoms with Crippen molar-refractivity contribution in [2.24, 2.45) is 5.92 Å². The second-order valence-electron chi connectivity index (χ2n) is 7.85. The molecule has 1 aliphatic rings. The monoisotopic (exact) mass is 326 g/mol. The van der Waals surface area contributed by atoms with E-state index in [4.69, 9.17) is 4.74 Å². The molecule has 2 unspecified atom stereocenters. The van der Waals surface area contributed by atoms with Crippen molar-refractivity contribution in [2.75, 3.05) is 19.6 Å². The van der Waals surface area contributed by atoms with Gasteiger partial charge in [-0.25, -0.2) is 4.79 Å². The first-order valence-electron chi connectivity index (χ1n) is 9.57. The van der Waals surface area contributed by atoms with Crippen LogP contribution in [0.5, 0.6) is 0 Å². The Labute approximate surface area is 143 Å². The van der Waals surface area contributed by atoms with Crippen LogP contribution in [0.15, 0.2) is 0 Å². The minimum Gasteiger partial charge on any atom is -0.444 e. The molecule has 1 N–H and O–H groups in total. The van der Waals surface area contributed by atoms with E-state index in [2.05, 4.69) is 12.2 Å². The summed E-state index contributed by atoms with van der Waals surface area (Å²) in [6.07, 6.45) is 8.86. The van der Waals surface area contributed by atoms with Gasteiger partial charge in [0, 0.05) is 19.1 Å². The van der Waals surface area contributed by atoms with Crippen LogP contribution >= 0.6 is 0 Å². The van der Waals surface area contributed by atoms with Crippen molar-refractivity contribution >= 4 is 6.09 Å². The van der Waals surface area contributed by atoms with E-state index in [9.17, 15) is 4.79 Å². The lowest BCUT2D eigenvalue weighted by molar-refractivity contribution is 0.0258. The number of nitrogens with zero attached hydrogens (tertiary/aromatic N) is 1. The van der Waals surface area contributed by atoms with Gasteiger partial charge >= 0.3 is 6.09 Å². The van der Waals surface area contributed by atoms with E-state index in [1.54, 1.807) is 4.90 Å². The number of hydrogen-bond acceptors (Lipinski definition) is 3. The van der Waals surface area contributed by atoms with Gasteiger partial charge in [0.2, 0.25) is 0 Å². The quantitative estimate of drug-likeness (QED) is 0.550. The SMILES string of the molecule is CCC1CCCC(NCCCN(CC)C(=O)OC(C)(C)C)CC1. The van der Waals surface area contributed by atoms with Gasteiger partial charge in [-0.15, -0.1) is 0 Å². The number of ether oxygens (including phenoxy) is 1. The molecule has 0 heterocycles. The Bertz CT molecular complexity index is 339. The summed E-state index contributed by atoms with van der Waals surface area (Å²) in [5.74, 6) is 0.935. The van der Waals surface area contributed by atoms with Gasteiger partial charge in [0.25, 0.3) is 0 Å². The fourth-order valence-electron chi connectivity index (χ4n) is 3.27. The molecule has 1 saturated carbocycles. The number of rotatable bonds is 7. The van der Waals surface area contributed by atoms with E-state index >= 15 is 0 Å². The summed E-state index contributed by atoms with van der Waals surface area (Å²) in [5, 5.41) is 3.69. The van der Waals surface area contributed by atoms with Crippen molar-refractivity contribution in [3.63, 3.8) is 0 Å². The van der Waals surface area contributed by atoms with Gasteiger partial charge in [-0.3, -0.25) is 0 Å². The lowest BCUT2D eigenvalue weighted by atomic mass is 9.98. The summed E-state index contributed by atoms with van der Waals surface area (Å²) in [7, 11) is 0. The molecule has 23 heavy (non-hydrogen) atoms. The zero-order valence-electron chi connectivity index (χ0n) is 16.0. The number of carbonyl (C=O) groups excluding carboxylic acids is 1. The Morgan fingerprint density at radius 3 is 2.52 bits per heavy atom. The van der Waals surface area contributed by atoms with Gasteiger partial charge in [0.15, 0.2) is 0 Å². The second kappa shape index (κ2) is 10.2. The fraction of sp³-hybridized carbons (Fsp3) is 0.947. The Balaban J connectivity index is 2.23. The zero-order chi connectivity index (χ0) is 17.3. The van der Waals surface area contributed by atoms with Crippen LogP contribution in [0.4, 0.5) is 4.79 Å². The van der Waals surface area contributed by atoms with E-state index in [-0.39, 0.29) is 6.09 Å². The summed E-state index contributed by atoms with van der Waals surface area (Å²) in [6.45, 7) is 12.5. The molecular weight excluding hydrogens is 288 g/mol. The van der Waals surface area contributed by atoms with Crippen LogP contribution in [0.1, 0.15) is 79.6 Å². The molecule has 0 saturated heterocycles. The van der Waals surface area contributed by atoms with Gasteiger partial charge in [-0.2, -0.15) is 0 Å². The Morgan fingerprint density at radius 2 is 1.91 bits per heavy atom. The molecule has 0 spiro atoms. The topological polar surface area (TPSA) is 41.6 Å². The highest BCUT2D eigenvalue weighted by Crippen LogP contribution is 2.25. The molecule has 2 atom stereocenters. The smallest absolute Gasteiger partial charge is 0.410 e. The molecule has 0 aromatic rings. The minimum absolute atomic E-state index is 0.194. The van der Waals surface area contributed by atoms with Gasteiger partial charge in [-0.1, -0.05) is 26.2 Å². The predicted molar refractivity (Wildman–Crippen MR) is 96.8 cm³/mol. The third kappa shape index (κ3) is 8.59. The van der Waals surface area contributed by atoms with Crippen LogP contribution in [0, 0.1) is 5.92 Å². The maximum atomic E-state index is 12.1. The van der Waals surface area contributed by atoms with Crippen molar-refractivity contribution in [2.45, 2.75) is 91.2 Å². The molecular formula is C19H38N2O2. The molecule has 4 nitrogen and oxygen atoms in total. The van der Waals surface area contributed by atoms with E-state index in [0.717, 1.165) is 25.4 Å². The van der Waals surface area contributed by atoms with Crippen LogP contribution in [0.3, 0.4) is 0 Å². The maximum absolute atomic E-state index is 12.1. The molecule has 1 aliphatic carbocycles. The van der Waals surface area contributed by atoms with Gasteiger partial charge in [-0.05, 0) is 65.8 Å². The molecule has 4 heteroatoms. The Kier molecular flexibility index (Phi) is 8.96. The third-order valence-electron chi connectivity index (χ3n) is 4.74. The molecule has 136 valence electrons. The molecule has 1 rings (SSSR count). The normalized spacial score (nSPS) is 22.5. The summed E-state index contributed by atoms with van der Waals surface area (Å²) in [5.41, 5.74) is -0.418. The van der Waals surface area contributed by atoms with E-state index < -0.39 is 5.60 Å². The summed E-state index contributed by atoms with van der Waals surface area (Å²) >= 11 is 0. The lowest BCUT2D eigenvalue weighted by Gasteiger charge is -2.26. The maximum Gasteiger partial charge on any atom is 0.410 e. The Morgan fingerprint density at radius 1 is 1.17 bits per heavy atom. The first-order chi connectivity index (χ1) is 10.9. The van der Waals surface area contributed by atoms with E-state index in [0.29, 0.717) is 12.6 Å². The minimum atomic E-state index is -0.418. The average Bonchev–Trinajstić information content (AvgIpc) is 2.70. The van der Waals surface area contributed by atoms with Crippen molar-refractivity contribution in [1.29, 1.82) is 0 Å². The Hall–Kier alpha value is -0.770. The molecule has 0 aromatic heterocycles. The highest BCUT2D eigenvalue weighted by atomic mass is 16.6. The standard InChI is InChI=1S/C19H38N2O2/c1-6-16-10-8-11-17(13-12-16)20-14-9-15-21(7-2)18(22)23-19(3,4)5/h16-17,20H,6-15H2,1-5H3. The number of carbonyl (C=O) groups is 1. The van der Waals surface area contributed by atoms with Crippen molar-refractivity contribution in [3.05, 3.63) is 0 Å². The summed E-state index contributed by atoms with van der Waals surface area (Å²) in [4.78, 5) is 13.9. The van der Waals surface area contributed by atoms with Crippen LogP contribution < -0.4 is 5.32 Å². The van der Waals surface area contributed by atoms with Crippen LogP contribution in [0.25, 0.3) is 0 Å². The molecule has 0 bridgehead atoms. The van der Waals surface area contributed by atoms with E-state index in [1.165, 1.54) is 38.5 Å². The number of hydrogen-bond donors (Lipinski definition) is 1.